The first-order valence-corrected chi connectivity index (χ1v) is 12.6. The zero-order valence-electron chi connectivity index (χ0n) is 21.2. The van der Waals surface area contributed by atoms with E-state index in [1.807, 2.05) is 36.4 Å². The molecule has 3 aromatic heterocycles. The van der Waals surface area contributed by atoms with E-state index in [2.05, 4.69) is 26.0 Å². The maximum atomic E-state index is 12.3. The minimum Gasteiger partial charge on any atom is -0.508 e. The smallest absolute Gasteiger partial charge is 0.326 e. The SMILES string of the molecule is CCOC(=O)Cn1cnc2c(-n3nc(C#N)c4ccccc43)nc(N3CCN(c4ccc(O)cc4)CC3)nc21. The Bertz CT molecular complexity index is 1710. The molecule has 0 radical (unpaired) electrons. The quantitative estimate of drug-likeness (QED) is 0.331. The third-order valence-electron chi connectivity index (χ3n) is 6.71. The molecule has 0 spiro atoms. The number of hydrogen-bond donors (Lipinski definition) is 1. The average molecular weight is 524 g/mol. The molecule has 1 saturated heterocycles. The number of carbonyl (C=O) groups is 1. The zero-order chi connectivity index (χ0) is 26.9. The van der Waals surface area contributed by atoms with Gasteiger partial charge < -0.3 is 24.2 Å². The second kappa shape index (κ2) is 9.94. The molecule has 1 fully saturated rings. The van der Waals surface area contributed by atoms with E-state index >= 15 is 0 Å². The summed E-state index contributed by atoms with van der Waals surface area (Å²) in [7, 11) is 0. The van der Waals surface area contributed by atoms with E-state index in [9.17, 15) is 15.2 Å². The molecule has 0 aliphatic carbocycles. The number of nitriles is 1. The largest absolute Gasteiger partial charge is 0.508 e. The summed E-state index contributed by atoms with van der Waals surface area (Å²) in [4.78, 5) is 30.9. The molecule has 1 aliphatic rings. The molecule has 4 heterocycles. The molecule has 5 aromatic rings. The van der Waals surface area contributed by atoms with Crippen molar-refractivity contribution in [1.29, 1.82) is 5.26 Å². The number of para-hydroxylation sites is 1. The van der Waals surface area contributed by atoms with Crippen LogP contribution in [0.3, 0.4) is 0 Å². The number of phenols is 1. The van der Waals surface area contributed by atoms with Crippen molar-refractivity contribution in [3.05, 3.63) is 60.6 Å². The van der Waals surface area contributed by atoms with Crippen molar-refractivity contribution in [2.75, 3.05) is 42.6 Å². The number of imidazole rings is 1. The second-order valence-electron chi connectivity index (χ2n) is 9.08. The van der Waals surface area contributed by atoms with Gasteiger partial charge in [0, 0.05) is 37.3 Å². The van der Waals surface area contributed by atoms with Crippen LogP contribution < -0.4 is 9.80 Å². The predicted octanol–water partition coefficient (Wildman–Crippen LogP) is 2.63. The topological polar surface area (TPSA) is 138 Å². The van der Waals surface area contributed by atoms with Crippen LogP contribution in [0.4, 0.5) is 11.6 Å². The lowest BCUT2D eigenvalue weighted by molar-refractivity contribution is -0.143. The van der Waals surface area contributed by atoms with Gasteiger partial charge in [0.1, 0.15) is 18.4 Å². The number of nitrogens with zero attached hydrogens (tertiary/aromatic N) is 9. The first-order chi connectivity index (χ1) is 19.1. The lowest BCUT2D eigenvalue weighted by Crippen LogP contribution is -2.47. The summed E-state index contributed by atoms with van der Waals surface area (Å²) in [6.07, 6.45) is 1.54. The number of carbonyl (C=O) groups excluding carboxylic acids is 1. The number of aromatic nitrogens is 6. The third kappa shape index (κ3) is 4.44. The van der Waals surface area contributed by atoms with Gasteiger partial charge in [0.2, 0.25) is 5.95 Å². The van der Waals surface area contributed by atoms with Crippen LogP contribution in [-0.4, -0.2) is 73.2 Å². The van der Waals surface area contributed by atoms with Gasteiger partial charge in [-0.1, -0.05) is 12.1 Å². The van der Waals surface area contributed by atoms with Crippen molar-refractivity contribution in [1.82, 2.24) is 29.3 Å². The van der Waals surface area contributed by atoms with Crippen molar-refractivity contribution in [3.8, 4) is 17.6 Å². The van der Waals surface area contributed by atoms with E-state index in [-0.39, 0.29) is 24.6 Å². The van der Waals surface area contributed by atoms with Crippen molar-refractivity contribution >= 4 is 39.7 Å². The number of phenolic OH excluding ortho intramolecular Hbond substituents is 1. The van der Waals surface area contributed by atoms with Crippen molar-refractivity contribution in [2.45, 2.75) is 13.5 Å². The highest BCUT2D eigenvalue weighted by Gasteiger charge is 2.25. The van der Waals surface area contributed by atoms with Crippen LogP contribution in [0, 0.1) is 11.3 Å². The number of ether oxygens (including phenoxy) is 1. The number of anilines is 2. The van der Waals surface area contributed by atoms with Gasteiger partial charge in [0.25, 0.3) is 0 Å². The van der Waals surface area contributed by atoms with Gasteiger partial charge in [-0.15, -0.1) is 0 Å². The third-order valence-corrected chi connectivity index (χ3v) is 6.71. The lowest BCUT2D eigenvalue weighted by atomic mass is 10.2. The van der Waals surface area contributed by atoms with Gasteiger partial charge in [-0.3, -0.25) is 4.79 Å². The van der Waals surface area contributed by atoms with Crippen LogP contribution in [0.25, 0.3) is 27.9 Å². The van der Waals surface area contributed by atoms with Gasteiger partial charge in [-0.2, -0.15) is 20.3 Å². The number of esters is 1. The Labute approximate surface area is 223 Å². The highest BCUT2D eigenvalue weighted by Crippen LogP contribution is 2.28. The van der Waals surface area contributed by atoms with E-state index in [0.717, 1.165) is 24.3 Å². The summed E-state index contributed by atoms with van der Waals surface area (Å²) >= 11 is 0. The fourth-order valence-electron chi connectivity index (χ4n) is 4.81. The highest BCUT2D eigenvalue weighted by atomic mass is 16.5. The molecule has 0 saturated carbocycles. The van der Waals surface area contributed by atoms with Gasteiger partial charge in [0.15, 0.2) is 22.7 Å². The number of piperazine rings is 1. The molecule has 39 heavy (non-hydrogen) atoms. The van der Waals surface area contributed by atoms with Crippen molar-refractivity contribution < 1.29 is 14.6 Å². The second-order valence-corrected chi connectivity index (χ2v) is 9.08. The summed E-state index contributed by atoms with van der Waals surface area (Å²) in [5.74, 6) is 0.747. The number of hydrogen-bond acceptors (Lipinski definition) is 10. The molecule has 6 rings (SSSR count). The zero-order valence-corrected chi connectivity index (χ0v) is 21.2. The Morgan fingerprint density at radius 1 is 1.05 bits per heavy atom. The van der Waals surface area contributed by atoms with Crippen LogP contribution in [-0.2, 0) is 16.1 Å². The van der Waals surface area contributed by atoms with Gasteiger partial charge >= 0.3 is 5.97 Å². The van der Waals surface area contributed by atoms with Gasteiger partial charge in [-0.05, 0) is 43.3 Å². The normalized spacial score (nSPS) is 13.6. The standard InChI is InChI=1S/C27H25N9O3/c1-2-39-23(38)16-35-17-29-24-25(35)30-27(34-13-11-33(12-14-34)18-7-9-19(37)10-8-18)31-26(24)36-22-6-4-3-5-20(22)21(15-28)32-36/h3-10,17,37H,2,11-14,16H2,1H3. The van der Waals surface area contributed by atoms with Crippen LogP contribution in [0.5, 0.6) is 5.75 Å². The summed E-state index contributed by atoms with van der Waals surface area (Å²) < 4.78 is 8.41. The fourth-order valence-corrected chi connectivity index (χ4v) is 4.81. The summed E-state index contributed by atoms with van der Waals surface area (Å²) in [5, 5.41) is 24.6. The molecule has 1 aliphatic heterocycles. The molecule has 2 aromatic carbocycles. The Hall–Kier alpha value is -5.18. The van der Waals surface area contributed by atoms with E-state index in [4.69, 9.17) is 14.7 Å². The molecule has 0 bridgehead atoms. The minimum atomic E-state index is -0.391. The Kier molecular flexibility index (Phi) is 6.16. The van der Waals surface area contributed by atoms with E-state index in [1.54, 1.807) is 34.6 Å². The molecule has 0 atom stereocenters. The predicted molar refractivity (Wildman–Crippen MR) is 144 cm³/mol. The molecule has 1 N–H and O–H groups in total. The molecule has 196 valence electrons. The van der Waals surface area contributed by atoms with Gasteiger partial charge in [-0.25, -0.2) is 9.67 Å². The number of rotatable bonds is 6. The summed E-state index contributed by atoms with van der Waals surface area (Å²) in [6.45, 7) is 4.76. The van der Waals surface area contributed by atoms with E-state index < -0.39 is 5.97 Å². The molecule has 0 amide bonds. The van der Waals surface area contributed by atoms with Gasteiger partial charge in [0.05, 0.1) is 18.5 Å². The molecule has 12 heteroatoms. The molecular formula is C27H25N9O3. The number of fused-ring (bicyclic) bond motifs is 2. The molecule has 0 unspecified atom stereocenters. The monoisotopic (exact) mass is 523 g/mol. The van der Waals surface area contributed by atoms with Crippen LogP contribution in [0.1, 0.15) is 12.6 Å². The fraction of sp³-hybridized carbons (Fsp3) is 0.259. The van der Waals surface area contributed by atoms with Crippen molar-refractivity contribution in [2.24, 2.45) is 0 Å². The highest BCUT2D eigenvalue weighted by molar-refractivity contribution is 5.89. The van der Waals surface area contributed by atoms with Crippen LogP contribution in [0.15, 0.2) is 54.9 Å². The average Bonchev–Trinajstić information content (AvgIpc) is 3.54. The number of benzene rings is 2. The number of aromatic hydroxyl groups is 1. The Morgan fingerprint density at radius 2 is 1.79 bits per heavy atom. The maximum Gasteiger partial charge on any atom is 0.326 e. The van der Waals surface area contributed by atoms with E-state index in [1.165, 1.54) is 0 Å². The summed E-state index contributed by atoms with van der Waals surface area (Å²) in [6, 6.07) is 16.8. The molecule has 12 nitrogen and oxygen atoms in total. The maximum absolute atomic E-state index is 12.3. The van der Waals surface area contributed by atoms with Crippen LogP contribution in [0.2, 0.25) is 0 Å². The Balaban J connectivity index is 1.42. The first-order valence-electron chi connectivity index (χ1n) is 12.6. The minimum absolute atomic E-state index is 0.0435. The van der Waals surface area contributed by atoms with Crippen molar-refractivity contribution in [3.63, 3.8) is 0 Å². The Morgan fingerprint density at radius 3 is 2.54 bits per heavy atom. The lowest BCUT2D eigenvalue weighted by Gasteiger charge is -2.36. The van der Waals surface area contributed by atoms with E-state index in [0.29, 0.717) is 41.4 Å². The summed E-state index contributed by atoms with van der Waals surface area (Å²) in [5.41, 5.74) is 2.97. The molecular weight excluding hydrogens is 498 g/mol. The van der Waals surface area contributed by atoms with Crippen LogP contribution >= 0.6 is 0 Å². The first kappa shape index (κ1) is 24.2.